The maximum atomic E-state index is 14.6. The Kier molecular flexibility index (Phi) is 9.86. The highest BCUT2D eigenvalue weighted by Gasteiger charge is 2.39. The molecule has 0 saturated heterocycles. The van der Waals surface area contributed by atoms with Gasteiger partial charge < -0.3 is 25.0 Å². The van der Waals surface area contributed by atoms with Gasteiger partial charge in [-0.05, 0) is 86.3 Å². The number of nitrogens with one attached hydrogen (secondary N) is 1. The van der Waals surface area contributed by atoms with E-state index in [4.69, 9.17) is 4.74 Å². The van der Waals surface area contributed by atoms with Crippen LogP contribution in [0.1, 0.15) is 54.7 Å². The van der Waals surface area contributed by atoms with Gasteiger partial charge in [0.1, 0.15) is 17.7 Å². The van der Waals surface area contributed by atoms with E-state index in [9.17, 15) is 24.3 Å². The van der Waals surface area contributed by atoms with E-state index in [2.05, 4.69) is 5.32 Å². The maximum absolute atomic E-state index is 14.6. The summed E-state index contributed by atoms with van der Waals surface area (Å²) in [6.07, 6.45) is -0.680. The summed E-state index contributed by atoms with van der Waals surface area (Å²) in [7, 11) is 1.46. The Labute approximate surface area is 280 Å². The Bertz CT molecular complexity index is 1850. The molecule has 0 bridgehead atoms. The minimum atomic E-state index is -1.16. The lowest BCUT2D eigenvalue weighted by Crippen LogP contribution is -2.57. The third-order valence-electron chi connectivity index (χ3n) is 8.57. The molecular weight excluding hydrogens is 608 g/mol. The first-order valence-corrected chi connectivity index (χ1v) is 15.9. The zero-order valence-electron chi connectivity index (χ0n) is 28.2. The van der Waals surface area contributed by atoms with Gasteiger partial charge in [0.15, 0.2) is 0 Å². The number of rotatable bonds is 7. The number of nitrogens with zero attached hydrogens (tertiary/aromatic N) is 3. The summed E-state index contributed by atoms with van der Waals surface area (Å²) in [5.74, 6) is -1.35. The molecule has 0 fully saturated rings. The minimum Gasteiger partial charge on any atom is -0.444 e. The van der Waals surface area contributed by atoms with Crippen molar-refractivity contribution in [3.8, 4) is 0 Å². The first-order valence-electron chi connectivity index (χ1n) is 15.9. The number of hydrogen-bond acceptors (Lipinski definition) is 6. The zero-order valence-corrected chi connectivity index (χ0v) is 28.2. The number of anilines is 2. The van der Waals surface area contributed by atoms with Crippen molar-refractivity contribution in [3.63, 3.8) is 0 Å². The van der Waals surface area contributed by atoms with Crippen molar-refractivity contribution < 1.29 is 29.0 Å². The van der Waals surface area contributed by atoms with Crippen molar-refractivity contribution in [1.29, 1.82) is 0 Å². The van der Waals surface area contributed by atoms with Gasteiger partial charge in [-0.1, -0.05) is 60.7 Å². The monoisotopic (exact) mass is 650 g/mol. The average molecular weight is 651 g/mol. The molecule has 1 aliphatic rings. The Morgan fingerprint density at radius 2 is 1.60 bits per heavy atom. The summed E-state index contributed by atoms with van der Waals surface area (Å²) in [6.45, 7) is 8.63. The van der Waals surface area contributed by atoms with Crippen molar-refractivity contribution in [1.82, 2.24) is 10.2 Å². The van der Waals surface area contributed by atoms with Gasteiger partial charge in [-0.15, -0.1) is 0 Å². The van der Waals surface area contributed by atoms with Crippen LogP contribution in [0.25, 0.3) is 10.8 Å². The number of hydrogen-bond donors (Lipinski definition) is 2. The molecule has 0 aliphatic carbocycles. The van der Waals surface area contributed by atoms with Gasteiger partial charge in [0.25, 0.3) is 11.8 Å². The lowest BCUT2D eigenvalue weighted by molar-refractivity contribution is -0.130. The third-order valence-corrected chi connectivity index (χ3v) is 8.57. The zero-order chi connectivity index (χ0) is 34.7. The minimum absolute atomic E-state index is 0.157. The maximum Gasteiger partial charge on any atom is 0.410 e. The van der Waals surface area contributed by atoms with Crippen LogP contribution in [0.2, 0.25) is 0 Å². The number of aryl methyl sites for hydroxylation is 1. The lowest BCUT2D eigenvalue weighted by Gasteiger charge is -2.30. The molecule has 2 atom stereocenters. The SMILES string of the molecule is Cc1ccc2ccccc2c1CN1C(=O)[C@@H](NC(=O)[C@H](C)N(C)C(=O)OC(C)(C)C)CN(C(=O)c2ccc(CO)cc2)c2ccccc21. The van der Waals surface area contributed by atoms with Gasteiger partial charge in [-0.3, -0.25) is 19.3 Å². The number of fused-ring (bicyclic) bond motifs is 2. The van der Waals surface area contributed by atoms with Crippen LogP contribution in [0, 0.1) is 6.92 Å². The van der Waals surface area contributed by atoms with E-state index >= 15 is 0 Å². The van der Waals surface area contributed by atoms with Gasteiger partial charge >= 0.3 is 6.09 Å². The number of aliphatic hydroxyl groups excluding tert-OH is 1. The summed E-state index contributed by atoms with van der Waals surface area (Å²) >= 11 is 0. The highest BCUT2D eigenvalue weighted by atomic mass is 16.6. The quantitative estimate of drug-likeness (QED) is 0.270. The molecule has 1 aliphatic heterocycles. The van der Waals surface area contributed by atoms with Crippen LogP contribution in [0.4, 0.5) is 16.2 Å². The summed E-state index contributed by atoms with van der Waals surface area (Å²) in [5, 5.41) is 14.4. The van der Waals surface area contributed by atoms with Gasteiger partial charge in [0, 0.05) is 12.6 Å². The number of aliphatic hydroxyl groups is 1. The lowest BCUT2D eigenvalue weighted by atomic mass is 9.99. The van der Waals surface area contributed by atoms with Crippen LogP contribution < -0.4 is 15.1 Å². The number of carbonyl (C=O) groups is 4. The number of amides is 4. The molecule has 0 unspecified atom stereocenters. The van der Waals surface area contributed by atoms with E-state index in [1.54, 1.807) is 75.1 Å². The molecule has 4 aromatic rings. The fourth-order valence-corrected chi connectivity index (χ4v) is 5.73. The molecule has 5 rings (SSSR count). The molecule has 0 spiro atoms. The first-order chi connectivity index (χ1) is 22.8. The summed E-state index contributed by atoms with van der Waals surface area (Å²) in [6, 6.07) is 23.7. The standard InChI is InChI=1S/C38H42N4O6/c1-24-15-18-27-11-7-8-12-29(27)30(24)21-41-32-13-9-10-14-33(32)42(35(45)28-19-16-26(23-43)17-20-28)22-31(36(41)46)39-34(44)25(2)40(6)37(47)48-38(3,4)5/h7-20,25,31,43H,21-23H2,1-6H3,(H,39,44)/t25-,31-/m0/s1. The Morgan fingerprint density at radius 1 is 0.958 bits per heavy atom. The highest BCUT2D eigenvalue weighted by molar-refractivity contribution is 6.13. The van der Waals surface area contributed by atoms with Gasteiger partial charge in [-0.2, -0.15) is 0 Å². The van der Waals surface area contributed by atoms with Gasteiger partial charge in [0.2, 0.25) is 5.91 Å². The van der Waals surface area contributed by atoms with E-state index < -0.39 is 35.6 Å². The van der Waals surface area contributed by atoms with E-state index in [1.807, 2.05) is 49.4 Å². The third kappa shape index (κ3) is 7.18. The van der Waals surface area contributed by atoms with Crippen LogP contribution in [0.15, 0.2) is 84.9 Å². The second-order valence-corrected chi connectivity index (χ2v) is 13.1. The molecule has 2 N–H and O–H groups in total. The molecule has 250 valence electrons. The molecule has 4 amide bonds. The summed E-state index contributed by atoms with van der Waals surface area (Å²) in [4.78, 5) is 59.6. The van der Waals surface area contributed by atoms with E-state index in [0.29, 0.717) is 22.5 Å². The van der Waals surface area contributed by atoms with Crippen molar-refractivity contribution in [3.05, 3.63) is 107 Å². The van der Waals surface area contributed by atoms with Crippen molar-refractivity contribution >= 4 is 46.0 Å². The van der Waals surface area contributed by atoms with Crippen LogP contribution in [-0.2, 0) is 27.5 Å². The number of carbonyl (C=O) groups excluding carboxylic acids is 4. The predicted molar refractivity (Wildman–Crippen MR) is 186 cm³/mol. The number of likely N-dealkylation sites (N-methyl/N-ethyl adjacent to an activating group) is 1. The molecule has 1 heterocycles. The normalized spacial score (nSPS) is 15.4. The van der Waals surface area contributed by atoms with Crippen LogP contribution in [0.3, 0.4) is 0 Å². The largest absolute Gasteiger partial charge is 0.444 e. The molecule has 10 heteroatoms. The molecule has 48 heavy (non-hydrogen) atoms. The van der Waals surface area contributed by atoms with E-state index in [1.165, 1.54) is 16.8 Å². The number of ether oxygens (including phenoxy) is 1. The van der Waals surface area contributed by atoms with Crippen LogP contribution in [0.5, 0.6) is 0 Å². The number of para-hydroxylation sites is 2. The molecular formula is C38H42N4O6. The van der Waals surface area contributed by atoms with E-state index in [-0.39, 0.29) is 25.6 Å². The van der Waals surface area contributed by atoms with Crippen LogP contribution in [-0.4, -0.2) is 65.1 Å². The number of benzene rings is 4. The van der Waals surface area contributed by atoms with Crippen molar-refractivity contribution in [2.45, 2.75) is 65.5 Å². The van der Waals surface area contributed by atoms with Gasteiger partial charge in [-0.25, -0.2) is 4.79 Å². The fourth-order valence-electron chi connectivity index (χ4n) is 5.73. The Balaban J connectivity index is 1.56. The Morgan fingerprint density at radius 3 is 2.27 bits per heavy atom. The predicted octanol–water partition coefficient (Wildman–Crippen LogP) is 5.57. The van der Waals surface area contributed by atoms with Crippen molar-refractivity contribution in [2.24, 2.45) is 0 Å². The fraction of sp³-hybridized carbons (Fsp3) is 0.316. The van der Waals surface area contributed by atoms with Crippen LogP contribution >= 0.6 is 0 Å². The van der Waals surface area contributed by atoms with Gasteiger partial charge in [0.05, 0.1) is 31.1 Å². The Hall–Kier alpha value is -5.22. The molecule has 4 aromatic carbocycles. The smallest absolute Gasteiger partial charge is 0.410 e. The first kappa shape index (κ1) is 34.1. The highest BCUT2D eigenvalue weighted by Crippen LogP contribution is 2.36. The molecule has 0 radical (unpaired) electrons. The molecule has 0 aromatic heterocycles. The second kappa shape index (κ2) is 13.9. The molecule has 10 nitrogen and oxygen atoms in total. The topological polar surface area (TPSA) is 119 Å². The summed E-state index contributed by atoms with van der Waals surface area (Å²) < 4.78 is 5.45. The summed E-state index contributed by atoms with van der Waals surface area (Å²) in [5.41, 5.74) is 3.22. The average Bonchev–Trinajstić information content (AvgIpc) is 3.18. The van der Waals surface area contributed by atoms with Crippen molar-refractivity contribution in [2.75, 3.05) is 23.4 Å². The second-order valence-electron chi connectivity index (χ2n) is 13.1. The van der Waals surface area contributed by atoms with E-state index in [0.717, 1.165) is 21.9 Å². The molecule has 0 saturated carbocycles.